The molecule has 3 N–H and O–H groups in total. The van der Waals surface area contributed by atoms with E-state index in [1.54, 1.807) is 24.3 Å². The third-order valence-electron chi connectivity index (χ3n) is 3.58. The molecule has 118 valence electrons. The van der Waals surface area contributed by atoms with E-state index in [0.29, 0.717) is 17.4 Å². The first-order chi connectivity index (χ1) is 9.45. The van der Waals surface area contributed by atoms with E-state index in [1.165, 1.54) is 25.5 Å². The van der Waals surface area contributed by atoms with Gasteiger partial charge in [-0.25, -0.2) is 13.4 Å². The van der Waals surface area contributed by atoms with Crippen molar-refractivity contribution in [3.8, 4) is 0 Å². The molecule has 5 nitrogen and oxygen atoms in total. The van der Waals surface area contributed by atoms with Crippen molar-refractivity contribution >= 4 is 39.8 Å². The molecule has 1 fully saturated rings. The van der Waals surface area contributed by atoms with Crippen LogP contribution < -0.4 is 11.1 Å². The lowest BCUT2D eigenvalue weighted by atomic mass is 9.85. The molecule has 1 aromatic rings. The van der Waals surface area contributed by atoms with Crippen LogP contribution in [0.1, 0.15) is 24.8 Å². The molecule has 0 atom stereocenters. The number of rotatable bonds is 5. The number of guanidine groups is 1. The van der Waals surface area contributed by atoms with Crippen molar-refractivity contribution in [1.82, 2.24) is 5.32 Å². The molecule has 7 heteroatoms. The van der Waals surface area contributed by atoms with Gasteiger partial charge in [0.15, 0.2) is 15.8 Å². The summed E-state index contributed by atoms with van der Waals surface area (Å²) in [5, 5.41) is 3.12. The summed E-state index contributed by atoms with van der Waals surface area (Å²) in [6.07, 6.45) is 5.05. The molecule has 2 rings (SSSR count). The Morgan fingerprint density at radius 3 is 2.43 bits per heavy atom. The molecular formula is C14H22IN3O2S. The summed E-state index contributed by atoms with van der Waals surface area (Å²) in [5.74, 6) is 1.18. The first-order valence-corrected chi connectivity index (χ1v) is 8.67. The Hall–Kier alpha value is -0.830. The average molecular weight is 423 g/mol. The van der Waals surface area contributed by atoms with Crippen LogP contribution in [0.3, 0.4) is 0 Å². The van der Waals surface area contributed by atoms with Crippen molar-refractivity contribution in [3.05, 3.63) is 29.8 Å². The van der Waals surface area contributed by atoms with Crippen LogP contribution >= 0.6 is 24.0 Å². The van der Waals surface area contributed by atoms with E-state index >= 15 is 0 Å². The minimum Gasteiger partial charge on any atom is -0.370 e. The maximum absolute atomic E-state index is 11.3. The van der Waals surface area contributed by atoms with Gasteiger partial charge in [-0.1, -0.05) is 18.6 Å². The lowest BCUT2D eigenvalue weighted by Crippen LogP contribution is -2.37. The summed E-state index contributed by atoms with van der Waals surface area (Å²) < 4.78 is 22.7. The highest BCUT2D eigenvalue weighted by atomic mass is 127. The van der Waals surface area contributed by atoms with Crippen LogP contribution in [0.25, 0.3) is 0 Å². The number of sulfone groups is 1. The topological polar surface area (TPSA) is 84.5 Å². The molecule has 1 aliphatic carbocycles. The SMILES string of the molecule is CS(=O)(=O)c1ccc(CN=C(N)NCC2CCC2)cc1.I. The Balaban J connectivity index is 0.00000220. The van der Waals surface area contributed by atoms with Gasteiger partial charge in [0.2, 0.25) is 0 Å². The summed E-state index contributed by atoms with van der Waals surface area (Å²) in [6.45, 7) is 1.34. The molecule has 0 heterocycles. The van der Waals surface area contributed by atoms with Crippen LogP contribution in [-0.2, 0) is 16.4 Å². The van der Waals surface area contributed by atoms with Gasteiger partial charge in [0.1, 0.15) is 0 Å². The Bertz CT molecular complexity index is 581. The monoisotopic (exact) mass is 423 g/mol. The van der Waals surface area contributed by atoms with E-state index in [2.05, 4.69) is 10.3 Å². The van der Waals surface area contributed by atoms with E-state index in [4.69, 9.17) is 5.73 Å². The maximum atomic E-state index is 11.3. The first kappa shape index (κ1) is 18.2. The number of halogens is 1. The third-order valence-corrected chi connectivity index (χ3v) is 4.71. The first-order valence-electron chi connectivity index (χ1n) is 6.78. The number of benzene rings is 1. The van der Waals surface area contributed by atoms with Gasteiger partial charge in [-0.3, -0.25) is 0 Å². The molecule has 0 saturated heterocycles. The van der Waals surface area contributed by atoms with Gasteiger partial charge in [0.05, 0.1) is 11.4 Å². The lowest BCUT2D eigenvalue weighted by Gasteiger charge is -2.25. The van der Waals surface area contributed by atoms with Crippen LogP contribution in [0.2, 0.25) is 0 Å². The van der Waals surface area contributed by atoms with Crippen molar-refractivity contribution in [2.24, 2.45) is 16.6 Å². The van der Waals surface area contributed by atoms with E-state index in [9.17, 15) is 8.42 Å². The van der Waals surface area contributed by atoms with Gasteiger partial charge < -0.3 is 11.1 Å². The van der Waals surface area contributed by atoms with E-state index in [1.807, 2.05) is 0 Å². The number of nitrogens with two attached hydrogens (primary N) is 1. The fourth-order valence-corrected chi connectivity index (χ4v) is 2.65. The van der Waals surface area contributed by atoms with Crippen LogP contribution in [-0.4, -0.2) is 27.2 Å². The Morgan fingerprint density at radius 1 is 1.33 bits per heavy atom. The summed E-state index contributed by atoms with van der Waals surface area (Å²) in [5.41, 5.74) is 6.73. The molecule has 0 aliphatic heterocycles. The Kier molecular flexibility index (Phi) is 6.92. The molecule has 0 amide bonds. The fraction of sp³-hybridized carbons (Fsp3) is 0.500. The normalized spacial score (nSPS) is 16.0. The van der Waals surface area contributed by atoms with Crippen molar-refractivity contribution < 1.29 is 8.42 Å². The summed E-state index contributed by atoms with van der Waals surface area (Å²) in [7, 11) is -3.14. The number of hydrogen-bond acceptors (Lipinski definition) is 3. The molecule has 0 unspecified atom stereocenters. The molecule has 0 radical (unpaired) electrons. The van der Waals surface area contributed by atoms with Crippen molar-refractivity contribution in [1.29, 1.82) is 0 Å². The van der Waals surface area contributed by atoms with Crippen LogP contribution in [0, 0.1) is 5.92 Å². The minimum absolute atomic E-state index is 0. The summed E-state index contributed by atoms with van der Waals surface area (Å²) >= 11 is 0. The van der Waals surface area contributed by atoms with Crippen LogP contribution in [0.4, 0.5) is 0 Å². The predicted octanol–water partition coefficient (Wildman–Crippen LogP) is 1.91. The van der Waals surface area contributed by atoms with E-state index in [0.717, 1.165) is 18.0 Å². The molecule has 1 saturated carbocycles. The molecule has 21 heavy (non-hydrogen) atoms. The van der Waals surface area contributed by atoms with Gasteiger partial charge in [0.25, 0.3) is 0 Å². The molecule has 0 bridgehead atoms. The number of nitrogens with one attached hydrogen (secondary N) is 1. The molecule has 0 spiro atoms. The Labute approximate surface area is 143 Å². The largest absolute Gasteiger partial charge is 0.370 e. The van der Waals surface area contributed by atoms with E-state index in [-0.39, 0.29) is 24.0 Å². The fourth-order valence-electron chi connectivity index (χ4n) is 2.02. The second-order valence-corrected chi connectivity index (χ2v) is 7.31. The second-order valence-electron chi connectivity index (χ2n) is 5.30. The highest BCUT2D eigenvalue weighted by Gasteiger charge is 2.16. The van der Waals surface area contributed by atoms with Crippen molar-refractivity contribution in [2.75, 3.05) is 12.8 Å². The molecular weight excluding hydrogens is 401 g/mol. The number of nitrogens with zero attached hydrogens (tertiary/aromatic N) is 1. The Morgan fingerprint density at radius 2 is 1.95 bits per heavy atom. The molecule has 1 aromatic carbocycles. The summed E-state index contributed by atoms with van der Waals surface area (Å²) in [6, 6.07) is 6.72. The van der Waals surface area contributed by atoms with Gasteiger partial charge in [-0.15, -0.1) is 24.0 Å². The van der Waals surface area contributed by atoms with Gasteiger partial charge in [-0.05, 0) is 36.5 Å². The van der Waals surface area contributed by atoms with E-state index < -0.39 is 9.84 Å². The maximum Gasteiger partial charge on any atom is 0.188 e. The highest BCUT2D eigenvalue weighted by Crippen LogP contribution is 2.24. The lowest BCUT2D eigenvalue weighted by molar-refractivity contribution is 0.315. The van der Waals surface area contributed by atoms with Gasteiger partial charge in [-0.2, -0.15) is 0 Å². The van der Waals surface area contributed by atoms with Crippen molar-refractivity contribution in [3.63, 3.8) is 0 Å². The average Bonchev–Trinajstić information content (AvgIpc) is 2.34. The van der Waals surface area contributed by atoms with Crippen LogP contribution in [0.5, 0.6) is 0 Å². The zero-order valence-electron chi connectivity index (χ0n) is 12.1. The third kappa shape index (κ3) is 5.82. The smallest absolute Gasteiger partial charge is 0.188 e. The number of hydrogen-bond donors (Lipinski definition) is 2. The molecule has 1 aliphatic rings. The minimum atomic E-state index is -3.14. The van der Waals surface area contributed by atoms with Crippen molar-refractivity contribution in [2.45, 2.75) is 30.7 Å². The van der Waals surface area contributed by atoms with Gasteiger partial charge in [0, 0.05) is 12.8 Å². The molecule has 0 aromatic heterocycles. The standard InChI is InChI=1S/C14H21N3O2S.HI/c1-20(18,19)13-7-5-12(6-8-13)10-17-14(15)16-9-11-3-2-4-11;/h5-8,11H,2-4,9-10H2,1H3,(H3,15,16,17);1H. The quantitative estimate of drug-likeness (QED) is 0.431. The second kappa shape index (κ2) is 7.98. The van der Waals surface area contributed by atoms with Gasteiger partial charge >= 0.3 is 0 Å². The summed E-state index contributed by atoms with van der Waals surface area (Å²) in [4.78, 5) is 4.57. The van der Waals surface area contributed by atoms with Crippen LogP contribution in [0.15, 0.2) is 34.2 Å². The zero-order valence-corrected chi connectivity index (χ0v) is 15.2. The number of aliphatic imine (C=N–C) groups is 1. The predicted molar refractivity (Wildman–Crippen MR) is 95.6 cm³/mol. The zero-order chi connectivity index (χ0) is 14.6. The highest BCUT2D eigenvalue weighted by molar-refractivity contribution is 14.0.